The van der Waals surface area contributed by atoms with Gasteiger partial charge in [0.2, 0.25) is 0 Å². The van der Waals surface area contributed by atoms with Crippen molar-refractivity contribution in [3.05, 3.63) is 11.1 Å². The smallest absolute Gasteiger partial charge is 0.325 e. The van der Waals surface area contributed by atoms with E-state index in [1.807, 2.05) is 0 Å². The Bertz CT molecular complexity index is 350. The van der Waals surface area contributed by atoms with Gasteiger partial charge in [-0.3, -0.25) is 9.69 Å². The van der Waals surface area contributed by atoms with Crippen LogP contribution in [-0.4, -0.2) is 42.1 Å². The number of nitrogens with one attached hydrogen (secondary N) is 1. The fourth-order valence-electron chi connectivity index (χ4n) is 2.05. The number of hydrogen-bond acceptors (Lipinski definition) is 3. The number of imide groups is 1. The van der Waals surface area contributed by atoms with E-state index in [4.69, 9.17) is 4.74 Å². The van der Waals surface area contributed by atoms with E-state index in [-0.39, 0.29) is 18.5 Å². The maximum atomic E-state index is 12.2. The third-order valence-electron chi connectivity index (χ3n) is 2.92. The molecular weight excluding hydrogens is 276 g/mol. The van der Waals surface area contributed by atoms with Gasteiger partial charge in [-0.1, -0.05) is 22.5 Å². The molecule has 5 nitrogen and oxygen atoms in total. The lowest BCUT2D eigenvalue weighted by atomic mass is 9.90. The van der Waals surface area contributed by atoms with Crippen LogP contribution in [0.1, 0.15) is 12.8 Å². The minimum absolute atomic E-state index is 0.165. The lowest BCUT2D eigenvalue weighted by Crippen LogP contribution is -2.51. The topological polar surface area (TPSA) is 58.6 Å². The third-order valence-corrected chi connectivity index (χ3v) is 3.17. The largest absolute Gasteiger partial charge is 0.381 e. The SMILES string of the molecule is C=C(Br)CN1C(=O)NC2(CCOCC2)C1=O. The number of nitrogens with zero attached hydrogens (tertiary/aromatic N) is 1. The molecule has 1 N–H and O–H groups in total. The Balaban J connectivity index is 2.17. The number of carbonyl (C=O) groups excluding carboxylic acids is 2. The molecule has 0 saturated carbocycles. The highest BCUT2D eigenvalue weighted by molar-refractivity contribution is 9.11. The van der Waals surface area contributed by atoms with Crippen molar-refractivity contribution in [3.8, 4) is 0 Å². The number of carbonyl (C=O) groups is 2. The van der Waals surface area contributed by atoms with Crippen molar-refractivity contribution in [3.63, 3.8) is 0 Å². The van der Waals surface area contributed by atoms with E-state index < -0.39 is 5.54 Å². The quantitative estimate of drug-likeness (QED) is 0.771. The summed E-state index contributed by atoms with van der Waals surface area (Å²) >= 11 is 3.16. The van der Waals surface area contributed by atoms with Crippen LogP contribution < -0.4 is 5.32 Å². The van der Waals surface area contributed by atoms with Crippen LogP contribution in [0.5, 0.6) is 0 Å². The zero-order valence-electron chi connectivity index (χ0n) is 8.79. The van der Waals surface area contributed by atoms with Crippen LogP contribution in [0.4, 0.5) is 4.79 Å². The van der Waals surface area contributed by atoms with Crippen molar-refractivity contribution >= 4 is 27.9 Å². The van der Waals surface area contributed by atoms with Crippen LogP contribution in [0.25, 0.3) is 0 Å². The van der Waals surface area contributed by atoms with Crippen molar-refractivity contribution in [2.45, 2.75) is 18.4 Å². The van der Waals surface area contributed by atoms with Gasteiger partial charge in [-0.15, -0.1) is 0 Å². The molecule has 16 heavy (non-hydrogen) atoms. The molecule has 0 aromatic rings. The summed E-state index contributed by atoms with van der Waals surface area (Å²) in [6.07, 6.45) is 1.09. The average Bonchev–Trinajstić information content (AvgIpc) is 2.44. The first-order valence-electron chi connectivity index (χ1n) is 5.10. The lowest BCUT2D eigenvalue weighted by Gasteiger charge is -2.30. The number of halogens is 1. The standard InChI is InChI=1S/C10H13BrN2O3/c1-7(11)6-13-8(14)10(12-9(13)15)2-4-16-5-3-10/h1-6H2,(H,12,15). The molecule has 88 valence electrons. The maximum Gasteiger partial charge on any atom is 0.325 e. The van der Waals surface area contributed by atoms with E-state index in [0.29, 0.717) is 30.5 Å². The van der Waals surface area contributed by atoms with Crippen LogP contribution in [0.2, 0.25) is 0 Å². The predicted molar refractivity (Wildman–Crippen MR) is 61.1 cm³/mol. The first-order chi connectivity index (χ1) is 7.55. The van der Waals surface area contributed by atoms with Gasteiger partial charge in [0, 0.05) is 30.5 Å². The molecule has 0 radical (unpaired) electrons. The number of ether oxygens (including phenoxy) is 1. The summed E-state index contributed by atoms with van der Waals surface area (Å²) in [5.74, 6) is -0.165. The molecule has 2 saturated heterocycles. The second kappa shape index (κ2) is 4.18. The van der Waals surface area contributed by atoms with E-state index in [0.717, 1.165) is 0 Å². The van der Waals surface area contributed by atoms with E-state index in [1.165, 1.54) is 4.90 Å². The molecule has 6 heteroatoms. The molecule has 0 aromatic carbocycles. The Kier molecular flexibility index (Phi) is 3.03. The molecular formula is C10H13BrN2O3. The summed E-state index contributed by atoms with van der Waals surface area (Å²) in [5, 5.41) is 2.77. The number of amides is 3. The van der Waals surface area contributed by atoms with Gasteiger partial charge >= 0.3 is 6.03 Å². The molecule has 2 fully saturated rings. The van der Waals surface area contributed by atoms with Crippen molar-refractivity contribution < 1.29 is 14.3 Å². The lowest BCUT2D eigenvalue weighted by molar-refractivity contribution is -0.134. The molecule has 2 aliphatic heterocycles. The zero-order valence-corrected chi connectivity index (χ0v) is 10.4. The Morgan fingerprint density at radius 1 is 1.50 bits per heavy atom. The summed E-state index contributed by atoms with van der Waals surface area (Å²) < 4.78 is 5.82. The molecule has 0 atom stereocenters. The van der Waals surface area contributed by atoms with Crippen LogP contribution in [0, 0.1) is 0 Å². The Labute approximate surface area is 102 Å². The van der Waals surface area contributed by atoms with Gasteiger partial charge in [-0.2, -0.15) is 0 Å². The highest BCUT2D eigenvalue weighted by atomic mass is 79.9. The summed E-state index contributed by atoms with van der Waals surface area (Å²) in [6, 6.07) is -0.340. The van der Waals surface area contributed by atoms with Gasteiger partial charge in [0.05, 0.1) is 6.54 Å². The van der Waals surface area contributed by atoms with Crippen LogP contribution >= 0.6 is 15.9 Å². The zero-order chi connectivity index (χ0) is 11.8. The maximum absolute atomic E-state index is 12.2. The fourth-order valence-corrected chi connectivity index (χ4v) is 2.30. The fraction of sp³-hybridized carbons (Fsp3) is 0.600. The van der Waals surface area contributed by atoms with Crippen LogP contribution in [0.3, 0.4) is 0 Å². The summed E-state index contributed by atoms with van der Waals surface area (Å²) in [7, 11) is 0. The van der Waals surface area contributed by atoms with Crippen molar-refractivity contribution in [2.75, 3.05) is 19.8 Å². The van der Waals surface area contributed by atoms with Gasteiger partial charge in [0.25, 0.3) is 5.91 Å². The minimum Gasteiger partial charge on any atom is -0.381 e. The summed E-state index contributed by atoms with van der Waals surface area (Å²) in [6.45, 7) is 4.87. The van der Waals surface area contributed by atoms with E-state index >= 15 is 0 Å². The molecule has 2 rings (SSSR count). The van der Waals surface area contributed by atoms with Crippen molar-refractivity contribution in [1.82, 2.24) is 10.2 Å². The molecule has 0 bridgehead atoms. The van der Waals surface area contributed by atoms with Gasteiger partial charge < -0.3 is 10.1 Å². The Hall–Kier alpha value is -0.880. The van der Waals surface area contributed by atoms with Crippen LogP contribution in [0.15, 0.2) is 11.1 Å². The highest BCUT2D eigenvalue weighted by Gasteiger charge is 2.51. The van der Waals surface area contributed by atoms with E-state index in [1.54, 1.807) is 0 Å². The second-order valence-corrected chi connectivity index (χ2v) is 5.15. The van der Waals surface area contributed by atoms with Gasteiger partial charge in [0.15, 0.2) is 0 Å². The molecule has 0 aliphatic carbocycles. The molecule has 0 unspecified atom stereocenters. The van der Waals surface area contributed by atoms with Crippen LogP contribution in [-0.2, 0) is 9.53 Å². The van der Waals surface area contributed by atoms with Gasteiger partial charge in [0.1, 0.15) is 5.54 Å². The third kappa shape index (κ3) is 1.87. The van der Waals surface area contributed by atoms with E-state index in [9.17, 15) is 9.59 Å². The predicted octanol–water partition coefficient (Wildman–Crippen LogP) is 0.996. The molecule has 2 heterocycles. The second-order valence-electron chi connectivity index (χ2n) is 4.03. The molecule has 2 aliphatic rings. The normalized spacial score (nSPS) is 23.7. The first kappa shape index (κ1) is 11.6. The number of rotatable bonds is 2. The van der Waals surface area contributed by atoms with Gasteiger partial charge in [-0.25, -0.2) is 4.79 Å². The molecule has 1 spiro atoms. The molecule has 3 amide bonds. The number of hydrogen-bond donors (Lipinski definition) is 1. The Morgan fingerprint density at radius 3 is 2.69 bits per heavy atom. The van der Waals surface area contributed by atoms with Gasteiger partial charge in [-0.05, 0) is 0 Å². The first-order valence-corrected chi connectivity index (χ1v) is 5.90. The Morgan fingerprint density at radius 2 is 2.12 bits per heavy atom. The highest BCUT2D eigenvalue weighted by Crippen LogP contribution is 2.29. The summed E-state index contributed by atoms with van der Waals surface area (Å²) in [5.41, 5.74) is -0.738. The monoisotopic (exact) mass is 288 g/mol. The minimum atomic E-state index is -0.738. The van der Waals surface area contributed by atoms with Crippen molar-refractivity contribution in [2.24, 2.45) is 0 Å². The average molecular weight is 289 g/mol. The van der Waals surface area contributed by atoms with Crippen molar-refractivity contribution in [1.29, 1.82) is 0 Å². The van der Waals surface area contributed by atoms with E-state index in [2.05, 4.69) is 27.8 Å². The number of urea groups is 1. The molecule has 0 aromatic heterocycles. The summed E-state index contributed by atoms with van der Waals surface area (Å²) in [4.78, 5) is 25.0.